The van der Waals surface area contributed by atoms with E-state index in [1.165, 1.54) is 11.8 Å². The summed E-state index contributed by atoms with van der Waals surface area (Å²) in [5, 5.41) is 4.57. The molecule has 0 aliphatic heterocycles. The van der Waals surface area contributed by atoms with E-state index >= 15 is 0 Å². The Kier molecular flexibility index (Phi) is 10.8. The van der Waals surface area contributed by atoms with E-state index in [1.54, 1.807) is 17.0 Å². The number of nitrogens with one attached hydrogen (secondary N) is 1. The molecule has 1 atom stereocenters. The van der Waals surface area contributed by atoms with Gasteiger partial charge in [0, 0.05) is 29.3 Å². The molecule has 0 saturated heterocycles. The van der Waals surface area contributed by atoms with Crippen LogP contribution in [0.2, 0.25) is 15.1 Å². The zero-order valence-corrected chi connectivity index (χ0v) is 24.2. The molecule has 0 radical (unpaired) electrons. The molecule has 3 aromatic rings. The van der Waals surface area contributed by atoms with Crippen molar-refractivity contribution >= 4 is 58.4 Å². The number of carbonyl (C=O) groups excluding carboxylic acids is 2. The fourth-order valence-corrected chi connectivity index (χ4v) is 5.20. The van der Waals surface area contributed by atoms with E-state index in [-0.39, 0.29) is 24.1 Å². The molecule has 3 rings (SSSR count). The van der Waals surface area contributed by atoms with E-state index in [2.05, 4.69) is 5.32 Å². The number of hydrogen-bond acceptors (Lipinski definition) is 3. The molecule has 3 aromatic carbocycles. The van der Waals surface area contributed by atoms with Crippen LogP contribution in [0.15, 0.2) is 72.8 Å². The predicted molar refractivity (Wildman–Crippen MR) is 156 cm³/mol. The van der Waals surface area contributed by atoms with E-state index in [0.717, 1.165) is 16.7 Å². The largest absolute Gasteiger partial charge is 0.350 e. The molecule has 0 saturated carbocycles. The number of benzene rings is 3. The second-order valence-corrected chi connectivity index (χ2v) is 12.1. The van der Waals surface area contributed by atoms with Gasteiger partial charge in [-0.25, -0.2) is 0 Å². The van der Waals surface area contributed by atoms with Gasteiger partial charge >= 0.3 is 0 Å². The smallest absolute Gasteiger partial charge is 0.243 e. The van der Waals surface area contributed by atoms with Crippen LogP contribution in [0.1, 0.15) is 37.5 Å². The predicted octanol–water partition coefficient (Wildman–Crippen LogP) is 7.43. The minimum atomic E-state index is -0.713. The van der Waals surface area contributed by atoms with Gasteiger partial charge in [-0.1, -0.05) is 83.3 Å². The minimum absolute atomic E-state index is 0.136. The third kappa shape index (κ3) is 9.57. The molecule has 0 aromatic heterocycles. The maximum atomic E-state index is 13.7. The Hall–Kier alpha value is -2.18. The van der Waals surface area contributed by atoms with Crippen LogP contribution >= 0.6 is 46.6 Å². The van der Waals surface area contributed by atoms with Gasteiger partial charge in [0.1, 0.15) is 6.04 Å². The highest BCUT2D eigenvalue weighted by atomic mass is 35.5. The molecule has 0 aliphatic rings. The summed E-state index contributed by atoms with van der Waals surface area (Å²) in [6.45, 7) is 6.01. The van der Waals surface area contributed by atoms with Gasteiger partial charge in [0.25, 0.3) is 0 Å². The van der Waals surface area contributed by atoms with Gasteiger partial charge in [-0.3, -0.25) is 9.59 Å². The quantitative estimate of drug-likeness (QED) is 0.272. The molecule has 0 bridgehead atoms. The van der Waals surface area contributed by atoms with Crippen LogP contribution in [-0.2, 0) is 28.3 Å². The normalized spacial score (nSPS) is 12.2. The van der Waals surface area contributed by atoms with Crippen molar-refractivity contribution in [3.8, 4) is 0 Å². The van der Waals surface area contributed by atoms with Crippen molar-refractivity contribution in [3.63, 3.8) is 0 Å². The summed E-state index contributed by atoms with van der Waals surface area (Å²) in [6.07, 6.45) is 0.384. The van der Waals surface area contributed by atoms with Gasteiger partial charge in [-0.2, -0.15) is 0 Å². The molecular formula is C29H31Cl3N2O2S. The summed E-state index contributed by atoms with van der Waals surface area (Å²) in [4.78, 5) is 28.9. The summed E-state index contributed by atoms with van der Waals surface area (Å²) < 4.78 is 0. The molecule has 196 valence electrons. The summed E-state index contributed by atoms with van der Waals surface area (Å²) >= 11 is 20.0. The Morgan fingerprint density at radius 2 is 1.57 bits per heavy atom. The first kappa shape index (κ1) is 29.4. The van der Waals surface area contributed by atoms with E-state index in [0.29, 0.717) is 27.2 Å². The molecule has 37 heavy (non-hydrogen) atoms. The second kappa shape index (κ2) is 13.6. The van der Waals surface area contributed by atoms with Crippen LogP contribution in [0.3, 0.4) is 0 Å². The molecule has 4 nitrogen and oxygen atoms in total. The lowest BCUT2D eigenvalue weighted by Gasteiger charge is -2.34. The van der Waals surface area contributed by atoms with Gasteiger partial charge in [-0.15, -0.1) is 11.8 Å². The van der Waals surface area contributed by atoms with Crippen LogP contribution in [0.4, 0.5) is 0 Å². The molecular weight excluding hydrogens is 547 g/mol. The third-order valence-corrected chi connectivity index (χ3v) is 7.45. The number of hydrogen-bond donors (Lipinski definition) is 1. The van der Waals surface area contributed by atoms with Crippen molar-refractivity contribution in [1.82, 2.24) is 10.2 Å². The van der Waals surface area contributed by atoms with Crippen molar-refractivity contribution in [1.29, 1.82) is 0 Å². The van der Waals surface area contributed by atoms with E-state index in [9.17, 15) is 9.59 Å². The van der Waals surface area contributed by atoms with Gasteiger partial charge in [0.05, 0.1) is 15.8 Å². The highest BCUT2D eigenvalue weighted by molar-refractivity contribution is 7.99. The van der Waals surface area contributed by atoms with Crippen LogP contribution in [0.25, 0.3) is 0 Å². The molecule has 8 heteroatoms. The topological polar surface area (TPSA) is 49.4 Å². The Morgan fingerprint density at radius 3 is 2.22 bits per heavy atom. The lowest BCUT2D eigenvalue weighted by atomic mass is 10.0. The number of halogens is 3. The van der Waals surface area contributed by atoms with Crippen molar-refractivity contribution in [2.45, 2.75) is 51.1 Å². The standard InChI is InChI=1S/C29H31Cl3N2O2S/c1-29(2,3)33-28(36)26(16-20-8-5-4-6-9-20)34(17-21-12-13-24(31)25(32)15-21)27(35)19-37-18-22-10-7-11-23(30)14-22/h4-15,26H,16-19H2,1-3H3,(H,33,36)/t26-/m0/s1. The monoisotopic (exact) mass is 576 g/mol. The van der Waals surface area contributed by atoms with Crippen molar-refractivity contribution in [3.05, 3.63) is 105 Å². The second-order valence-electron chi connectivity index (χ2n) is 9.84. The first-order valence-corrected chi connectivity index (χ1v) is 14.2. The molecule has 0 aliphatic carbocycles. The van der Waals surface area contributed by atoms with E-state index < -0.39 is 11.6 Å². The minimum Gasteiger partial charge on any atom is -0.350 e. The molecule has 0 spiro atoms. The number of nitrogens with zero attached hydrogens (tertiary/aromatic N) is 1. The van der Waals surface area contributed by atoms with Crippen LogP contribution in [0, 0.1) is 0 Å². The third-order valence-electron chi connectivity index (χ3n) is 5.49. The van der Waals surface area contributed by atoms with Crippen LogP contribution < -0.4 is 5.32 Å². The van der Waals surface area contributed by atoms with Crippen LogP contribution in [-0.4, -0.2) is 34.0 Å². The SMILES string of the molecule is CC(C)(C)NC(=O)[C@H](Cc1ccccc1)N(Cc1ccc(Cl)c(Cl)c1)C(=O)CSCc1cccc(Cl)c1. The summed E-state index contributed by atoms with van der Waals surface area (Å²) in [5.41, 5.74) is 2.35. The Morgan fingerprint density at radius 1 is 0.865 bits per heavy atom. The summed E-state index contributed by atoms with van der Waals surface area (Å²) in [6, 6.07) is 21.9. The number of amides is 2. The average Bonchev–Trinajstić information content (AvgIpc) is 2.83. The highest BCUT2D eigenvalue weighted by Gasteiger charge is 2.32. The van der Waals surface area contributed by atoms with Gasteiger partial charge in [0.15, 0.2) is 0 Å². The fraction of sp³-hybridized carbons (Fsp3) is 0.310. The van der Waals surface area contributed by atoms with Crippen molar-refractivity contribution in [2.24, 2.45) is 0 Å². The van der Waals surface area contributed by atoms with Gasteiger partial charge < -0.3 is 10.2 Å². The molecule has 0 fully saturated rings. The van der Waals surface area contributed by atoms with Gasteiger partial charge in [0.2, 0.25) is 11.8 Å². The number of rotatable bonds is 10. The Balaban J connectivity index is 1.89. The maximum absolute atomic E-state index is 13.7. The maximum Gasteiger partial charge on any atom is 0.243 e. The lowest BCUT2D eigenvalue weighted by Crippen LogP contribution is -2.54. The molecule has 0 heterocycles. The highest BCUT2D eigenvalue weighted by Crippen LogP contribution is 2.25. The first-order chi connectivity index (χ1) is 17.5. The van der Waals surface area contributed by atoms with Crippen molar-refractivity contribution < 1.29 is 9.59 Å². The zero-order valence-electron chi connectivity index (χ0n) is 21.1. The zero-order chi connectivity index (χ0) is 27.0. The molecule has 2 amide bonds. The van der Waals surface area contributed by atoms with E-state index in [1.807, 2.05) is 81.4 Å². The fourth-order valence-electron chi connectivity index (χ4n) is 3.81. The number of carbonyl (C=O) groups is 2. The molecule has 1 N–H and O–H groups in total. The van der Waals surface area contributed by atoms with Crippen LogP contribution in [0.5, 0.6) is 0 Å². The average molecular weight is 578 g/mol. The lowest BCUT2D eigenvalue weighted by molar-refractivity contribution is -0.140. The van der Waals surface area contributed by atoms with Crippen molar-refractivity contribution in [2.75, 3.05) is 5.75 Å². The Bertz CT molecular complexity index is 1220. The Labute approximate surface area is 238 Å². The number of thioether (sulfide) groups is 1. The van der Waals surface area contributed by atoms with E-state index in [4.69, 9.17) is 34.8 Å². The summed E-state index contributed by atoms with van der Waals surface area (Å²) in [7, 11) is 0. The van der Waals surface area contributed by atoms with Gasteiger partial charge in [-0.05, 0) is 61.7 Å². The molecule has 0 unspecified atom stereocenters. The summed E-state index contributed by atoms with van der Waals surface area (Å²) in [5.74, 6) is 0.500. The first-order valence-electron chi connectivity index (χ1n) is 11.9.